The molecule has 2 aromatic carbocycles. The van der Waals surface area contributed by atoms with Crippen LogP contribution in [-0.2, 0) is 26.8 Å². The quantitative estimate of drug-likeness (QED) is 0.743. The van der Waals surface area contributed by atoms with E-state index in [4.69, 9.17) is 4.74 Å². The zero-order chi connectivity index (χ0) is 20.9. The van der Waals surface area contributed by atoms with Crippen LogP contribution in [0, 0.1) is 0 Å². The van der Waals surface area contributed by atoms with Crippen molar-refractivity contribution in [2.45, 2.75) is 50.6 Å². The maximum absolute atomic E-state index is 12.5. The van der Waals surface area contributed by atoms with E-state index in [1.165, 1.54) is 6.92 Å². The second kappa shape index (κ2) is 8.75. The second-order valence-corrected chi connectivity index (χ2v) is 9.40. The van der Waals surface area contributed by atoms with Crippen LogP contribution in [0.5, 0.6) is 5.75 Å². The fraction of sp³-hybridized carbons (Fsp3) is 0.381. The van der Waals surface area contributed by atoms with Gasteiger partial charge >= 0.3 is 0 Å². The van der Waals surface area contributed by atoms with Crippen LogP contribution < -0.4 is 14.8 Å². The van der Waals surface area contributed by atoms with Crippen molar-refractivity contribution < 1.29 is 17.9 Å². The molecule has 6 nitrogen and oxygen atoms in total. The van der Waals surface area contributed by atoms with E-state index in [0.717, 1.165) is 16.9 Å². The predicted molar refractivity (Wildman–Crippen MR) is 110 cm³/mol. The average Bonchev–Trinajstić information content (AvgIpc) is 2.65. The van der Waals surface area contributed by atoms with Gasteiger partial charge in [-0.25, -0.2) is 8.42 Å². The molecule has 1 amide bonds. The van der Waals surface area contributed by atoms with Gasteiger partial charge in [-0.15, -0.1) is 0 Å². The Kier molecular flexibility index (Phi) is 6.85. The Morgan fingerprint density at radius 1 is 1.04 bits per heavy atom. The molecule has 0 aliphatic heterocycles. The van der Waals surface area contributed by atoms with Gasteiger partial charge in [0.1, 0.15) is 5.75 Å². The van der Waals surface area contributed by atoms with Crippen LogP contribution in [0.3, 0.4) is 0 Å². The lowest BCUT2D eigenvalue weighted by atomic mass is 9.87. The lowest BCUT2D eigenvalue weighted by molar-refractivity contribution is -0.122. The van der Waals surface area contributed by atoms with Gasteiger partial charge < -0.3 is 10.1 Å². The monoisotopic (exact) mass is 404 g/mol. The van der Waals surface area contributed by atoms with E-state index in [1.54, 1.807) is 43.5 Å². The fourth-order valence-electron chi connectivity index (χ4n) is 2.57. The number of methoxy groups -OCH3 is 1. The highest BCUT2D eigenvalue weighted by Crippen LogP contribution is 2.23. The predicted octanol–water partition coefficient (Wildman–Crippen LogP) is 2.98. The van der Waals surface area contributed by atoms with Crippen LogP contribution >= 0.6 is 0 Å². The number of sulfonamides is 1. The lowest BCUT2D eigenvalue weighted by Crippen LogP contribution is -2.44. The van der Waals surface area contributed by atoms with Gasteiger partial charge in [0.15, 0.2) is 0 Å². The van der Waals surface area contributed by atoms with Crippen molar-refractivity contribution >= 4 is 15.9 Å². The van der Waals surface area contributed by atoms with E-state index >= 15 is 0 Å². The first-order chi connectivity index (χ1) is 13.0. The molecule has 2 N–H and O–H groups in total. The first-order valence-corrected chi connectivity index (χ1v) is 10.5. The summed E-state index contributed by atoms with van der Waals surface area (Å²) in [7, 11) is -2.20. The SMILES string of the molecule is COc1ccc(CNC(=O)[C@H](C)NS(=O)(=O)c2ccc(C(C)(C)C)cc2)cc1. The number of benzene rings is 2. The average molecular weight is 405 g/mol. The maximum atomic E-state index is 12.5. The molecule has 0 saturated carbocycles. The summed E-state index contributed by atoms with van der Waals surface area (Å²) in [6.07, 6.45) is 0. The highest BCUT2D eigenvalue weighted by molar-refractivity contribution is 7.89. The van der Waals surface area contributed by atoms with Crippen LogP contribution in [0.2, 0.25) is 0 Å². The number of nitrogens with one attached hydrogen (secondary N) is 2. The zero-order valence-corrected chi connectivity index (χ0v) is 17.8. The number of rotatable bonds is 7. The third-order valence-electron chi connectivity index (χ3n) is 4.38. The molecule has 0 spiro atoms. The molecule has 0 aromatic heterocycles. The van der Waals surface area contributed by atoms with Gasteiger partial charge in [-0.3, -0.25) is 4.79 Å². The van der Waals surface area contributed by atoms with Crippen molar-refractivity contribution in [2.24, 2.45) is 0 Å². The highest BCUT2D eigenvalue weighted by atomic mass is 32.2. The molecule has 0 aliphatic rings. The number of ether oxygens (including phenoxy) is 1. The maximum Gasteiger partial charge on any atom is 0.241 e. The summed E-state index contributed by atoms with van der Waals surface area (Å²) in [6, 6.07) is 13.1. The van der Waals surface area contributed by atoms with Gasteiger partial charge in [0.2, 0.25) is 15.9 Å². The van der Waals surface area contributed by atoms with Gasteiger partial charge in [-0.05, 0) is 47.7 Å². The molecule has 0 aliphatic carbocycles. The lowest BCUT2D eigenvalue weighted by Gasteiger charge is -2.19. The summed E-state index contributed by atoms with van der Waals surface area (Å²) < 4.78 is 32.6. The first kappa shape index (κ1) is 21.9. The van der Waals surface area contributed by atoms with E-state index in [9.17, 15) is 13.2 Å². The first-order valence-electron chi connectivity index (χ1n) is 9.06. The smallest absolute Gasteiger partial charge is 0.241 e. The van der Waals surface area contributed by atoms with Gasteiger partial charge in [-0.1, -0.05) is 45.0 Å². The molecule has 0 unspecified atom stereocenters. The van der Waals surface area contributed by atoms with E-state index in [-0.39, 0.29) is 10.3 Å². The molecule has 2 aromatic rings. The Hall–Kier alpha value is -2.38. The normalized spacial score (nSPS) is 13.0. The summed E-state index contributed by atoms with van der Waals surface area (Å²) in [6.45, 7) is 8.00. The Morgan fingerprint density at radius 3 is 2.11 bits per heavy atom. The van der Waals surface area contributed by atoms with Crippen molar-refractivity contribution in [1.29, 1.82) is 0 Å². The number of amides is 1. The summed E-state index contributed by atoms with van der Waals surface area (Å²) in [4.78, 5) is 12.4. The summed E-state index contributed by atoms with van der Waals surface area (Å²) in [5.74, 6) is 0.333. The second-order valence-electron chi connectivity index (χ2n) is 7.68. The van der Waals surface area contributed by atoms with Crippen LogP contribution in [0.4, 0.5) is 0 Å². The third-order valence-corrected chi connectivity index (χ3v) is 5.94. The standard InChI is InChI=1S/C21H28N2O4S/c1-15(20(24)22-14-16-6-10-18(27-5)11-7-16)23-28(25,26)19-12-8-17(9-13-19)21(2,3)4/h6-13,15,23H,14H2,1-5H3,(H,22,24)/t15-/m0/s1. The molecule has 1 atom stereocenters. The van der Waals surface area contributed by atoms with E-state index in [0.29, 0.717) is 6.54 Å². The highest BCUT2D eigenvalue weighted by Gasteiger charge is 2.22. The Morgan fingerprint density at radius 2 is 1.61 bits per heavy atom. The third kappa shape index (κ3) is 5.81. The minimum absolute atomic E-state index is 0.0651. The molecule has 7 heteroatoms. The van der Waals surface area contributed by atoms with E-state index in [2.05, 4.69) is 30.8 Å². The summed E-state index contributed by atoms with van der Waals surface area (Å²) in [5, 5.41) is 2.73. The van der Waals surface area contributed by atoms with E-state index < -0.39 is 22.0 Å². The van der Waals surface area contributed by atoms with Crippen molar-refractivity contribution in [1.82, 2.24) is 10.0 Å². The largest absolute Gasteiger partial charge is 0.497 e. The minimum Gasteiger partial charge on any atom is -0.497 e. The number of carbonyl (C=O) groups is 1. The molecule has 0 heterocycles. The van der Waals surface area contributed by atoms with Gasteiger partial charge in [0.05, 0.1) is 18.0 Å². The molecular weight excluding hydrogens is 376 g/mol. The number of hydrogen-bond acceptors (Lipinski definition) is 4. The van der Waals surface area contributed by atoms with Crippen molar-refractivity contribution in [3.05, 3.63) is 59.7 Å². The van der Waals surface area contributed by atoms with E-state index in [1.807, 2.05) is 12.1 Å². The van der Waals surface area contributed by atoms with Gasteiger partial charge in [0, 0.05) is 6.54 Å². The molecule has 0 bridgehead atoms. The van der Waals surface area contributed by atoms with Crippen LogP contribution in [-0.4, -0.2) is 27.5 Å². The summed E-state index contributed by atoms with van der Waals surface area (Å²) >= 11 is 0. The Balaban J connectivity index is 1.97. The van der Waals surface area contributed by atoms with Crippen LogP contribution in [0.1, 0.15) is 38.8 Å². The molecule has 152 valence electrons. The molecule has 0 radical (unpaired) electrons. The molecule has 0 saturated heterocycles. The Bertz CT molecular complexity index is 899. The molecule has 2 rings (SSSR count). The molecule has 0 fully saturated rings. The van der Waals surface area contributed by atoms with Gasteiger partial charge in [0.25, 0.3) is 0 Å². The summed E-state index contributed by atoms with van der Waals surface area (Å²) in [5.41, 5.74) is 1.86. The van der Waals surface area contributed by atoms with Crippen molar-refractivity contribution in [2.75, 3.05) is 7.11 Å². The zero-order valence-electron chi connectivity index (χ0n) is 16.9. The number of carbonyl (C=O) groups excluding carboxylic acids is 1. The fourth-order valence-corrected chi connectivity index (χ4v) is 3.78. The van der Waals surface area contributed by atoms with Crippen molar-refractivity contribution in [3.8, 4) is 5.75 Å². The van der Waals surface area contributed by atoms with Crippen LogP contribution in [0.25, 0.3) is 0 Å². The molecular formula is C21H28N2O4S. The van der Waals surface area contributed by atoms with Gasteiger partial charge in [-0.2, -0.15) is 4.72 Å². The number of hydrogen-bond donors (Lipinski definition) is 2. The molecule has 28 heavy (non-hydrogen) atoms. The topological polar surface area (TPSA) is 84.5 Å². The van der Waals surface area contributed by atoms with Crippen LogP contribution in [0.15, 0.2) is 53.4 Å². The Labute approximate surface area is 167 Å². The van der Waals surface area contributed by atoms with Crippen molar-refractivity contribution in [3.63, 3.8) is 0 Å². The minimum atomic E-state index is -3.79.